The third-order valence-electron chi connectivity index (χ3n) is 3.49. The average Bonchev–Trinajstić information content (AvgIpc) is 2.60. The van der Waals surface area contributed by atoms with Crippen molar-refractivity contribution in [3.63, 3.8) is 0 Å². The van der Waals surface area contributed by atoms with E-state index in [0.29, 0.717) is 10.8 Å². The molecular weight excluding hydrogens is 385 g/mol. The first kappa shape index (κ1) is 20.6. The molecule has 0 heterocycles. The van der Waals surface area contributed by atoms with Gasteiger partial charge in [0.1, 0.15) is 5.75 Å². The predicted molar refractivity (Wildman–Crippen MR) is 94.7 cm³/mol. The van der Waals surface area contributed by atoms with Gasteiger partial charge < -0.3 is 15.0 Å². The molecule has 2 amide bonds. The average molecular weight is 401 g/mol. The Morgan fingerprint density at radius 1 is 1.11 bits per heavy atom. The van der Waals surface area contributed by atoms with Gasteiger partial charge in [0.05, 0.1) is 17.8 Å². The van der Waals surface area contributed by atoms with E-state index >= 15 is 0 Å². The summed E-state index contributed by atoms with van der Waals surface area (Å²) in [6.45, 7) is -0.750. The highest BCUT2D eigenvalue weighted by Gasteiger charge is 2.33. The van der Waals surface area contributed by atoms with Crippen LogP contribution in [0.1, 0.15) is 5.56 Å². The Balaban J connectivity index is 1.90. The maximum Gasteiger partial charge on any atom is 0.418 e. The van der Waals surface area contributed by atoms with Crippen molar-refractivity contribution in [2.24, 2.45) is 0 Å². The summed E-state index contributed by atoms with van der Waals surface area (Å²) in [5.41, 5.74) is -1.33. The summed E-state index contributed by atoms with van der Waals surface area (Å²) < 4.78 is 44.1. The number of benzene rings is 2. The zero-order valence-electron chi connectivity index (χ0n) is 14.2. The first-order chi connectivity index (χ1) is 12.7. The smallest absolute Gasteiger partial charge is 0.418 e. The molecule has 5 nitrogen and oxygen atoms in total. The van der Waals surface area contributed by atoms with Crippen LogP contribution >= 0.6 is 11.6 Å². The Labute approximate surface area is 158 Å². The molecule has 0 fully saturated rings. The number of hydrogen-bond acceptors (Lipinski definition) is 3. The Kier molecular flexibility index (Phi) is 6.68. The van der Waals surface area contributed by atoms with Gasteiger partial charge in [-0.25, -0.2) is 0 Å². The van der Waals surface area contributed by atoms with Crippen LogP contribution in [0.25, 0.3) is 0 Å². The van der Waals surface area contributed by atoms with Crippen LogP contribution < -0.4 is 10.1 Å². The van der Waals surface area contributed by atoms with Crippen molar-refractivity contribution in [1.82, 2.24) is 4.90 Å². The van der Waals surface area contributed by atoms with E-state index in [2.05, 4.69) is 5.32 Å². The topological polar surface area (TPSA) is 58.6 Å². The van der Waals surface area contributed by atoms with Crippen molar-refractivity contribution < 1.29 is 27.5 Å². The Hall–Kier alpha value is -2.74. The van der Waals surface area contributed by atoms with Gasteiger partial charge in [-0.15, -0.1) is 0 Å². The van der Waals surface area contributed by atoms with E-state index in [1.807, 2.05) is 0 Å². The lowest BCUT2D eigenvalue weighted by atomic mass is 10.1. The van der Waals surface area contributed by atoms with Crippen LogP contribution in [0.2, 0.25) is 5.02 Å². The molecule has 2 aromatic rings. The molecule has 2 aromatic carbocycles. The van der Waals surface area contributed by atoms with Gasteiger partial charge in [-0.3, -0.25) is 9.59 Å². The highest BCUT2D eigenvalue weighted by molar-refractivity contribution is 6.30. The minimum atomic E-state index is -4.60. The molecule has 0 saturated carbocycles. The van der Waals surface area contributed by atoms with E-state index in [1.54, 1.807) is 24.3 Å². The van der Waals surface area contributed by atoms with E-state index in [0.717, 1.165) is 17.0 Å². The number of ether oxygens (including phenoxy) is 1. The SMILES string of the molecule is CN(CC(=O)Nc1ccccc1C(F)(F)F)C(=O)COc1ccc(Cl)cc1. The van der Waals surface area contributed by atoms with Gasteiger partial charge >= 0.3 is 6.18 Å². The fourth-order valence-corrected chi connectivity index (χ4v) is 2.24. The van der Waals surface area contributed by atoms with Gasteiger partial charge in [0, 0.05) is 12.1 Å². The number of likely N-dealkylation sites (N-methyl/N-ethyl adjacent to an activating group) is 1. The lowest BCUT2D eigenvalue weighted by Gasteiger charge is -2.18. The number of nitrogens with one attached hydrogen (secondary N) is 1. The lowest BCUT2D eigenvalue weighted by Crippen LogP contribution is -2.37. The molecule has 0 aliphatic heterocycles. The summed E-state index contributed by atoms with van der Waals surface area (Å²) in [5, 5.41) is 2.69. The zero-order chi connectivity index (χ0) is 20.0. The number of nitrogens with zero attached hydrogens (tertiary/aromatic N) is 1. The summed E-state index contributed by atoms with van der Waals surface area (Å²) >= 11 is 5.74. The summed E-state index contributed by atoms with van der Waals surface area (Å²) in [7, 11) is 1.35. The van der Waals surface area contributed by atoms with Crippen molar-refractivity contribution in [1.29, 1.82) is 0 Å². The standard InChI is InChI=1S/C18H16ClF3N2O3/c1-24(17(26)11-27-13-8-6-12(19)7-9-13)10-16(25)23-15-5-3-2-4-14(15)18(20,21)22/h2-9H,10-11H2,1H3,(H,23,25). The molecule has 0 unspecified atom stereocenters. The molecule has 0 aromatic heterocycles. The molecule has 144 valence electrons. The number of para-hydroxylation sites is 1. The monoisotopic (exact) mass is 400 g/mol. The number of amides is 2. The zero-order valence-corrected chi connectivity index (χ0v) is 15.0. The van der Waals surface area contributed by atoms with Gasteiger partial charge in [0.2, 0.25) is 5.91 Å². The molecule has 2 rings (SSSR count). The number of carbonyl (C=O) groups excluding carboxylic acids is 2. The van der Waals surface area contributed by atoms with E-state index < -0.39 is 30.1 Å². The number of rotatable bonds is 6. The maximum absolute atomic E-state index is 12.9. The minimum absolute atomic E-state index is 0.329. The van der Waals surface area contributed by atoms with Crippen LogP contribution in [0.4, 0.5) is 18.9 Å². The summed E-state index contributed by atoms with van der Waals surface area (Å²) in [6, 6.07) is 11.0. The van der Waals surface area contributed by atoms with E-state index in [1.165, 1.54) is 19.2 Å². The Morgan fingerprint density at radius 2 is 1.74 bits per heavy atom. The molecule has 0 spiro atoms. The molecule has 9 heteroatoms. The molecule has 0 atom stereocenters. The summed E-state index contributed by atoms with van der Waals surface area (Å²) in [4.78, 5) is 25.1. The second kappa shape index (κ2) is 8.77. The second-order valence-electron chi connectivity index (χ2n) is 5.58. The number of anilines is 1. The number of carbonyl (C=O) groups is 2. The Morgan fingerprint density at radius 3 is 2.37 bits per heavy atom. The molecule has 0 radical (unpaired) electrons. The van der Waals surface area contributed by atoms with Crippen LogP contribution in [-0.4, -0.2) is 36.9 Å². The second-order valence-corrected chi connectivity index (χ2v) is 6.02. The minimum Gasteiger partial charge on any atom is -0.484 e. The Bertz CT molecular complexity index is 810. The van der Waals surface area contributed by atoms with Gasteiger partial charge in [-0.2, -0.15) is 13.2 Å². The summed E-state index contributed by atoms with van der Waals surface area (Å²) in [5.74, 6) is -0.844. The van der Waals surface area contributed by atoms with Crippen LogP contribution in [0.5, 0.6) is 5.75 Å². The quantitative estimate of drug-likeness (QED) is 0.801. The van der Waals surface area contributed by atoms with Crippen LogP contribution in [0.3, 0.4) is 0 Å². The summed E-state index contributed by atoms with van der Waals surface area (Å²) in [6.07, 6.45) is -4.60. The lowest BCUT2D eigenvalue weighted by molar-refractivity contribution is -0.137. The van der Waals surface area contributed by atoms with Crippen molar-refractivity contribution in [3.05, 3.63) is 59.1 Å². The first-order valence-electron chi connectivity index (χ1n) is 7.75. The number of alkyl halides is 3. The van der Waals surface area contributed by atoms with Gasteiger partial charge in [-0.1, -0.05) is 23.7 Å². The van der Waals surface area contributed by atoms with Gasteiger partial charge in [0.25, 0.3) is 5.91 Å². The van der Waals surface area contributed by atoms with Crippen molar-refractivity contribution in [2.45, 2.75) is 6.18 Å². The first-order valence-corrected chi connectivity index (χ1v) is 8.13. The van der Waals surface area contributed by atoms with Gasteiger partial charge in [-0.05, 0) is 36.4 Å². The van der Waals surface area contributed by atoms with Crippen molar-refractivity contribution >= 4 is 29.1 Å². The van der Waals surface area contributed by atoms with Crippen molar-refractivity contribution in [3.8, 4) is 5.75 Å². The van der Waals surface area contributed by atoms with E-state index in [-0.39, 0.29) is 12.3 Å². The molecule has 0 aliphatic rings. The molecule has 0 saturated heterocycles. The molecule has 0 bridgehead atoms. The molecular formula is C18H16ClF3N2O3. The maximum atomic E-state index is 12.9. The highest BCUT2D eigenvalue weighted by Crippen LogP contribution is 2.34. The van der Waals surface area contributed by atoms with E-state index in [4.69, 9.17) is 16.3 Å². The normalized spacial score (nSPS) is 11.0. The third-order valence-corrected chi connectivity index (χ3v) is 3.74. The fraction of sp³-hybridized carbons (Fsp3) is 0.222. The van der Waals surface area contributed by atoms with Crippen molar-refractivity contribution in [2.75, 3.05) is 25.5 Å². The van der Waals surface area contributed by atoms with Crippen LogP contribution in [-0.2, 0) is 15.8 Å². The number of halogens is 4. The molecule has 27 heavy (non-hydrogen) atoms. The molecule has 1 N–H and O–H groups in total. The fourth-order valence-electron chi connectivity index (χ4n) is 2.12. The predicted octanol–water partition coefficient (Wildman–Crippen LogP) is 3.83. The van der Waals surface area contributed by atoms with Crippen LogP contribution in [0, 0.1) is 0 Å². The highest BCUT2D eigenvalue weighted by atomic mass is 35.5. The third kappa shape index (κ3) is 6.18. The van der Waals surface area contributed by atoms with Crippen LogP contribution in [0.15, 0.2) is 48.5 Å². The van der Waals surface area contributed by atoms with Gasteiger partial charge in [0.15, 0.2) is 6.61 Å². The molecule has 0 aliphatic carbocycles. The largest absolute Gasteiger partial charge is 0.484 e. The number of hydrogen-bond donors (Lipinski definition) is 1. The van der Waals surface area contributed by atoms with E-state index in [9.17, 15) is 22.8 Å².